The molecule has 4 rings (SSSR count). The first-order valence-corrected chi connectivity index (χ1v) is 12.5. The highest BCUT2D eigenvalue weighted by atomic mass is 16.2. The zero-order valence-electron chi connectivity index (χ0n) is 21.9. The molecule has 0 saturated carbocycles. The van der Waals surface area contributed by atoms with Gasteiger partial charge in [0.2, 0.25) is 17.6 Å². The number of nitrogens with one attached hydrogen (secondary N) is 2. The highest BCUT2D eigenvalue weighted by Crippen LogP contribution is 2.29. The van der Waals surface area contributed by atoms with Gasteiger partial charge in [0.05, 0.1) is 5.54 Å². The monoisotopic (exact) mass is 511 g/mol. The number of rotatable bonds is 10. The van der Waals surface area contributed by atoms with Gasteiger partial charge in [-0.2, -0.15) is 5.21 Å². The molecule has 0 radical (unpaired) electrons. The Kier molecular flexibility index (Phi) is 8.28. The van der Waals surface area contributed by atoms with Crippen molar-refractivity contribution in [3.05, 3.63) is 90.0 Å². The standard InChI is InChI=1S/C29H33N7O2/c1-29(2,30)28(38)31-25(18-15-20-9-5-4-6-10-20)27(37)36(3)19-21-13-16-22(17-14-21)23-11-7-8-12-24(23)26-32-34-35-33-26/h4-14,16-17,25H,15,18-19,30H2,1-3H3,(H,31,38)(H,32,33,34,35)/t25-/m1/s1. The second-order valence-corrected chi connectivity index (χ2v) is 9.94. The number of nitrogens with zero attached hydrogens (tertiary/aromatic N) is 4. The molecule has 0 saturated heterocycles. The first kappa shape index (κ1) is 26.7. The van der Waals surface area contributed by atoms with Gasteiger partial charge in [0.15, 0.2) is 0 Å². The zero-order chi connectivity index (χ0) is 27.1. The molecule has 0 spiro atoms. The van der Waals surface area contributed by atoms with Gasteiger partial charge in [0, 0.05) is 19.2 Å². The maximum absolute atomic E-state index is 13.4. The number of hydrogen-bond donors (Lipinski definition) is 3. The lowest BCUT2D eigenvalue weighted by Crippen LogP contribution is -2.56. The Morgan fingerprint density at radius 2 is 1.61 bits per heavy atom. The number of likely N-dealkylation sites (N-methyl/N-ethyl adjacent to an activating group) is 1. The van der Waals surface area contributed by atoms with Gasteiger partial charge in [-0.3, -0.25) is 9.59 Å². The van der Waals surface area contributed by atoms with Crippen LogP contribution in [0.15, 0.2) is 78.9 Å². The van der Waals surface area contributed by atoms with Crippen LogP contribution >= 0.6 is 0 Å². The van der Waals surface area contributed by atoms with Gasteiger partial charge in [-0.15, -0.1) is 10.2 Å². The van der Waals surface area contributed by atoms with Crippen LogP contribution in [0, 0.1) is 0 Å². The Morgan fingerprint density at radius 1 is 0.947 bits per heavy atom. The Balaban J connectivity index is 1.47. The number of carbonyl (C=O) groups is 2. The molecule has 0 aliphatic rings. The second-order valence-electron chi connectivity index (χ2n) is 9.94. The predicted octanol–water partition coefficient (Wildman–Crippen LogP) is 3.35. The van der Waals surface area contributed by atoms with E-state index in [2.05, 4.69) is 25.9 Å². The molecule has 1 aromatic heterocycles. The molecule has 0 aliphatic carbocycles. The molecule has 3 aromatic carbocycles. The van der Waals surface area contributed by atoms with E-state index in [9.17, 15) is 9.59 Å². The van der Waals surface area contributed by atoms with E-state index in [-0.39, 0.29) is 11.8 Å². The maximum Gasteiger partial charge on any atom is 0.245 e. The van der Waals surface area contributed by atoms with Crippen molar-refractivity contribution in [2.45, 2.75) is 44.8 Å². The summed E-state index contributed by atoms with van der Waals surface area (Å²) in [4.78, 5) is 27.7. The van der Waals surface area contributed by atoms with E-state index in [0.29, 0.717) is 25.2 Å². The third kappa shape index (κ3) is 6.68. The fourth-order valence-corrected chi connectivity index (χ4v) is 4.17. The summed E-state index contributed by atoms with van der Waals surface area (Å²) in [6, 6.07) is 25.1. The Labute approximate surface area is 222 Å². The van der Waals surface area contributed by atoms with Gasteiger partial charge in [-0.1, -0.05) is 78.9 Å². The first-order chi connectivity index (χ1) is 18.2. The van der Waals surface area contributed by atoms with E-state index in [0.717, 1.165) is 27.8 Å². The molecule has 9 nitrogen and oxygen atoms in total. The first-order valence-electron chi connectivity index (χ1n) is 12.5. The Bertz CT molecular complexity index is 1350. The van der Waals surface area contributed by atoms with Crippen molar-refractivity contribution in [2.75, 3.05) is 7.05 Å². The second kappa shape index (κ2) is 11.8. The number of aromatic amines is 1. The highest BCUT2D eigenvalue weighted by molar-refractivity contribution is 5.91. The third-order valence-corrected chi connectivity index (χ3v) is 6.33. The van der Waals surface area contributed by atoms with Crippen LogP contribution in [0.5, 0.6) is 0 Å². The van der Waals surface area contributed by atoms with Crippen LogP contribution in [-0.4, -0.2) is 56.0 Å². The molecule has 0 fully saturated rings. The summed E-state index contributed by atoms with van der Waals surface area (Å²) in [7, 11) is 1.75. The fourth-order valence-electron chi connectivity index (χ4n) is 4.17. The van der Waals surface area contributed by atoms with E-state index in [4.69, 9.17) is 5.73 Å². The summed E-state index contributed by atoms with van der Waals surface area (Å²) < 4.78 is 0. The topological polar surface area (TPSA) is 130 Å². The summed E-state index contributed by atoms with van der Waals surface area (Å²) in [5.74, 6) is 0.00578. The van der Waals surface area contributed by atoms with Crippen LogP contribution in [0.25, 0.3) is 22.5 Å². The summed E-state index contributed by atoms with van der Waals surface area (Å²) in [5, 5.41) is 17.2. The lowest BCUT2D eigenvalue weighted by molar-refractivity contribution is -0.137. The zero-order valence-corrected chi connectivity index (χ0v) is 21.9. The average Bonchev–Trinajstić information content (AvgIpc) is 3.46. The minimum atomic E-state index is -1.09. The number of nitrogens with two attached hydrogens (primary N) is 1. The Hall–Kier alpha value is -4.37. The van der Waals surface area contributed by atoms with Gasteiger partial charge < -0.3 is 16.0 Å². The average molecular weight is 512 g/mol. The molecule has 0 bridgehead atoms. The van der Waals surface area contributed by atoms with E-state index in [1.165, 1.54) is 0 Å². The molecule has 38 heavy (non-hydrogen) atoms. The lowest BCUT2D eigenvalue weighted by Gasteiger charge is -2.27. The molecule has 4 N–H and O–H groups in total. The van der Waals surface area contributed by atoms with Crippen molar-refractivity contribution in [3.8, 4) is 22.5 Å². The molecule has 1 atom stereocenters. The minimum Gasteiger partial charge on any atom is -0.343 e. The quantitative estimate of drug-likeness (QED) is 0.299. The molecule has 2 amide bonds. The molecular formula is C29H33N7O2. The molecule has 4 aromatic rings. The highest BCUT2D eigenvalue weighted by Gasteiger charge is 2.29. The van der Waals surface area contributed by atoms with Crippen molar-refractivity contribution in [2.24, 2.45) is 5.73 Å². The minimum absolute atomic E-state index is 0.162. The van der Waals surface area contributed by atoms with Crippen LogP contribution in [0.4, 0.5) is 0 Å². The normalized spacial score (nSPS) is 12.1. The number of aromatic nitrogens is 4. The number of benzene rings is 3. The van der Waals surface area contributed by atoms with Crippen LogP contribution < -0.4 is 11.1 Å². The molecule has 196 valence electrons. The van der Waals surface area contributed by atoms with Crippen molar-refractivity contribution >= 4 is 11.8 Å². The number of H-pyrrole nitrogens is 1. The number of amides is 2. The summed E-state index contributed by atoms with van der Waals surface area (Å²) in [6.45, 7) is 3.65. The smallest absolute Gasteiger partial charge is 0.245 e. The van der Waals surface area contributed by atoms with Gasteiger partial charge in [-0.25, -0.2) is 0 Å². The van der Waals surface area contributed by atoms with Crippen molar-refractivity contribution in [1.29, 1.82) is 0 Å². The van der Waals surface area contributed by atoms with Crippen molar-refractivity contribution < 1.29 is 9.59 Å². The fraction of sp³-hybridized carbons (Fsp3) is 0.276. The Morgan fingerprint density at radius 3 is 2.24 bits per heavy atom. The summed E-state index contributed by atoms with van der Waals surface area (Å²) in [6.07, 6.45) is 1.13. The largest absolute Gasteiger partial charge is 0.343 e. The lowest BCUT2D eigenvalue weighted by atomic mass is 9.98. The molecule has 9 heteroatoms. The van der Waals surface area contributed by atoms with Crippen LogP contribution in [0.2, 0.25) is 0 Å². The third-order valence-electron chi connectivity index (χ3n) is 6.33. The SMILES string of the molecule is CN(Cc1ccc(-c2ccccc2-c2nn[nH]n2)cc1)C(=O)[C@@H](CCc1ccccc1)NC(=O)C(C)(C)N. The van der Waals surface area contributed by atoms with Gasteiger partial charge in [-0.05, 0) is 54.2 Å². The molecule has 1 heterocycles. The number of carbonyl (C=O) groups excluding carboxylic acids is 2. The van der Waals surface area contributed by atoms with E-state index >= 15 is 0 Å². The maximum atomic E-state index is 13.4. The van der Waals surface area contributed by atoms with Crippen LogP contribution in [0.3, 0.4) is 0 Å². The summed E-state index contributed by atoms with van der Waals surface area (Å²) >= 11 is 0. The number of hydrogen-bond acceptors (Lipinski definition) is 6. The predicted molar refractivity (Wildman–Crippen MR) is 146 cm³/mol. The van der Waals surface area contributed by atoms with E-state index in [1.807, 2.05) is 78.9 Å². The molecule has 0 aliphatic heterocycles. The van der Waals surface area contributed by atoms with Crippen molar-refractivity contribution in [3.63, 3.8) is 0 Å². The van der Waals surface area contributed by atoms with Gasteiger partial charge >= 0.3 is 0 Å². The van der Waals surface area contributed by atoms with E-state index < -0.39 is 11.6 Å². The number of tetrazole rings is 1. The van der Waals surface area contributed by atoms with Gasteiger partial charge in [0.1, 0.15) is 6.04 Å². The number of aryl methyl sites for hydroxylation is 1. The molecular weight excluding hydrogens is 478 g/mol. The van der Waals surface area contributed by atoms with Crippen LogP contribution in [0.1, 0.15) is 31.4 Å². The van der Waals surface area contributed by atoms with E-state index in [1.54, 1.807) is 25.8 Å². The summed E-state index contributed by atoms with van der Waals surface area (Å²) in [5.41, 5.74) is 9.83. The van der Waals surface area contributed by atoms with Crippen molar-refractivity contribution in [1.82, 2.24) is 30.8 Å². The van der Waals surface area contributed by atoms with Crippen LogP contribution in [-0.2, 0) is 22.6 Å². The van der Waals surface area contributed by atoms with Gasteiger partial charge in [0.25, 0.3) is 0 Å². The molecule has 0 unspecified atom stereocenters.